The molecule has 1 aromatic rings. The maximum Gasteiger partial charge on any atom is 0.338 e. The molecule has 7 heteroatoms. The van der Waals surface area contributed by atoms with Crippen LogP contribution in [0.15, 0.2) is 6.07 Å². The quantitative estimate of drug-likeness (QED) is 0.445. The SMILES string of the molecule is CC(C)(C)OC(=O)CCc1cc(Cl)c(C(=O)O)c(Cl)c1CC[Si](C)(C)C. The molecule has 0 aliphatic heterocycles. The molecular weight excluding hydrogens is 391 g/mol. The molecule has 1 aromatic carbocycles. The summed E-state index contributed by atoms with van der Waals surface area (Å²) in [5.41, 5.74) is 0.980. The number of halogens is 2. The maximum absolute atomic E-state index is 12.0. The van der Waals surface area contributed by atoms with Crippen molar-refractivity contribution in [2.75, 3.05) is 0 Å². The van der Waals surface area contributed by atoms with Crippen molar-refractivity contribution in [3.05, 3.63) is 32.8 Å². The van der Waals surface area contributed by atoms with Crippen LogP contribution in [0.3, 0.4) is 0 Å². The fraction of sp³-hybridized carbons (Fsp3) is 0.579. The molecule has 1 N–H and O–H groups in total. The summed E-state index contributed by atoms with van der Waals surface area (Å²) in [6.45, 7) is 12.2. The van der Waals surface area contributed by atoms with Gasteiger partial charge in [-0.1, -0.05) is 48.9 Å². The molecule has 4 nitrogen and oxygen atoms in total. The topological polar surface area (TPSA) is 63.6 Å². The Morgan fingerprint density at radius 3 is 2.19 bits per heavy atom. The van der Waals surface area contributed by atoms with Gasteiger partial charge in [-0.05, 0) is 50.8 Å². The minimum Gasteiger partial charge on any atom is -0.478 e. The Hall–Kier alpha value is -1.04. The minimum atomic E-state index is -1.35. The fourth-order valence-corrected chi connectivity index (χ4v) is 4.28. The Morgan fingerprint density at radius 1 is 1.15 bits per heavy atom. The van der Waals surface area contributed by atoms with Crippen LogP contribution in [0.4, 0.5) is 0 Å². The number of hydrogen-bond acceptors (Lipinski definition) is 3. The second kappa shape index (κ2) is 8.76. The van der Waals surface area contributed by atoms with E-state index < -0.39 is 19.6 Å². The number of aryl methyl sites for hydroxylation is 1. The zero-order chi connectivity index (χ0) is 20.3. The van der Waals surface area contributed by atoms with Crippen LogP contribution in [-0.2, 0) is 22.4 Å². The van der Waals surface area contributed by atoms with Crippen LogP contribution in [0.1, 0.15) is 48.7 Å². The maximum atomic E-state index is 12.0. The third kappa shape index (κ3) is 7.29. The van der Waals surface area contributed by atoms with Crippen LogP contribution in [0.25, 0.3) is 0 Å². The smallest absolute Gasteiger partial charge is 0.338 e. The summed E-state index contributed by atoms with van der Waals surface area (Å²) in [6.07, 6.45) is 1.28. The van der Waals surface area contributed by atoms with Crippen LogP contribution in [0, 0.1) is 0 Å². The van der Waals surface area contributed by atoms with Crippen LogP contribution in [-0.4, -0.2) is 30.7 Å². The number of benzene rings is 1. The molecule has 1 rings (SSSR count). The number of aromatic carboxylic acids is 1. The Morgan fingerprint density at radius 2 is 1.73 bits per heavy atom. The molecule has 0 saturated heterocycles. The molecule has 0 saturated carbocycles. The monoisotopic (exact) mass is 418 g/mol. The lowest BCUT2D eigenvalue weighted by atomic mass is 9.97. The zero-order valence-electron chi connectivity index (χ0n) is 16.3. The minimum absolute atomic E-state index is 0.0695. The number of carbonyl (C=O) groups excluding carboxylic acids is 1. The summed E-state index contributed by atoms with van der Waals surface area (Å²) in [5.74, 6) is -1.45. The predicted molar refractivity (Wildman–Crippen MR) is 109 cm³/mol. The molecule has 0 aromatic heterocycles. The van der Waals surface area contributed by atoms with E-state index in [0.717, 1.165) is 17.2 Å². The third-order valence-corrected chi connectivity index (χ3v) is 6.23. The Labute approximate surface area is 166 Å². The van der Waals surface area contributed by atoms with E-state index >= 15 is 0 Å². The van der Waals surface area contributed by atoms with Crippen LogP contribution < -0.4 is 0 Å². The van der Waals surface area contributed by atoms with Gasteiger partial charge in [0.15, 0.2) is 0 Å². The van der Waals surface area contributed by atoms with Gasteiger partial charge in [0, 0.05) is 14.5 Å². The first kappa shape index (κ1) is 23.0. The van der Waals surface area contributed by atoms with Gasteiger partial charge in [-0.25, -0.2) is 4.79 Å². The summed E-state index contributed by atoms with van der Waals surface area (Å²) in [7, 11) is -1.35. The van der Waals surface area contributed by atoms with Gasteiger partial charge in [0.2, 0.25) is 0 Å². The Bertz CT molecular complexity index is 688. The average molecular weight is 419 g/mol. The number of hydrogen-bond donors (Lipinski definition) is 1. The molecule has 0 bridgehead atoms. The van der Waals surface area contributed by atoms with Crippen molar-refractivity contribution < 1.29 is 19.4 Å². The first-order valence-electron chi connectivity index (χ1n) is 8.66. The fourth-order valence-electron chi connectivity index (χ4n) is 2.53. The molecule has 0 aliphatic rings. The molecule has 0 radical (unpaired) electrons. The molecule has 0 fully saturated rings. The van der Waals surface area contributed by atoms with Crippen molar-refractivity contribution in [3.8, 4) is 0 Å². The Balaban J connectivity index is 3.16. The van der Waals surface area contributed by atoms with Crippen molar-refractivity contribution in [2.24, 2.45) is 0 Å². The van der Waals surface area contributed by atoms with Crippen molar-refractivity contribution >= 4 is 43.2 Å². The summed E-state index contributed by atoms with van der Waals surface area (Å²) < 4.78 is 5.34. The van der Waals surface area contributed by atoms with Gasteiger partial charge in [-0.2, -0.15) is 0 Å². The predicted octanol–water partition coefficient (Wildman–Crippen LogP) is 5.85. The van der Waals surface area contributed by atoms with Gasteiger partial charge >= 0.3 is 11.9 Å². The van der Waals surface area contributed by atoms with E-state index in [1.165, 1.54) is 0 Å². The van der Waals surface area contributed by atoms with Crippen LogP contribution in [0.2, 0.25) is 35.7 Å². The average Bonchev–Trinajstić information content (AvgIpc) is 2.40. The van der Waals surface area contributed by atoms with Gasteiger partial charge in [0.25, 0.3) is 0 Å². The second-order valence-corrected chi connectivity index (χ2v) is 15.0. The molecule has 146 valence electrons. The van der Waals surface area contributed by atoms with E-state index in [2.05, 4.69) is 19.6 Å². The van der Waals surface area contributed by atoms with Crippen molar-refractivity contribution in [3.63, 3.8) is 0 Å². The highest BCUT2D eigenvalue weighted by Crippen LogP contribution is 2.34. The molecule has 26 heavy (non-hydrogen) atoms. The molecule has 0 heterocycles. The summed E-state index contributed by atoms with van der Waals surface area (Å²) >= 11 is 12.5. The van der Waals surface area contributed by atoms with Gasteiger partial charge in [-0.15, -0.1) is 0 Å². The number of esters is 1. The van der Waals surface area contributed by atoms with Crippen LogP contribution >= 0.6 is 23.2 Å². The molecule has 0 spiro atoms. The summed E-state index contributed by atoms with van der Waals surface area (Å²) in [5, 5.41) is 9.68. The highest BCUT2D eigenvalue weighted by atomic mass is 35.5. The number of rotatable bonds is 7. The van der Waals surface area contributed by atoms with Gasteiger partial charge in [0.05, 0.1) is 15.6 Å². The lowest BCUT2D eigenvalue weighted by molar-refractivity contribution is -0.154. The normalized spacial score (nSPS) is 12.2. The molecular formula is C19H28Cl2O4Si. The van der Waals surface area contributed by atoms with Gasteiger partial charge in [-0.3, -0.25) is 4.79 Å². The number of carboxylic acid groups (broad SMARTS) is 1. The van der Waals surface area contributed by atoms with Gasteiger partial charge < -0.3 is 9.84 Å². The van der Waals surface area contributed by atoms with E-state index in [4.69, 9.17) is 27.9 Å². The second-order valence-electron chi connectivity index (χ2n) is 8.64. The van der Waals surface area contributed by atoms with Crippen molar-refractivity contribution in [1.29, 1.82) is 0 Å². The first-order valence-corrected chi connectivity index (χ1v) is 13.1. The van der Waals surface area contributed by atoms with Gasteiger partial charge in [0.1, 0.15) is 5.60 Å². The van der Waals surface area contributed by atoms with E-state index in [0.29, 0.717) is 12.8 Å². The third-order valence-electron chi connectivity index (χ3n) is 3.77. The standard InChI is InChI=1S/C19H28Cl2O4Si/c1-19(2,3)25-15(22)8-7-12-11-14(20)16(18(23)24)17(21)13(12)9-10-26(4,5)6/h11H,7-10H2,1-6H3,(H,23,24). The van der Waals surface area contributed by atoms with Crippen molar-refractivity contribution in [1.82, 2.24) is 0 Å². The number of carbonyl (C=O) groups is 2. The summed E-state index contributed by atoms with van der Waals surface area (Å²) in [4.78, 5) is 23.5. The number of carboxylic acids is 1. The number of ether oxygens (including phenoxy) is 1. The Kier molecular flexibility index (Phi) is 7.75. The molecule has 0 amide bonds. The van der Waals surface area contributed by atoms with Crippen LogP contribution in [0.5, 0.6) is 0 Å². The molecule has 0 aliphatic carbocycles. The van der Waals surface area contributed by atoms with E-state index in [-0.39, 0.29) is 28.0 Å². The lowest BCUT2D eigenvalue weighted by Crippen LogP contribution is -2.24. The van der Waals surface area contributed by atoms with E-state index in [1.54, 1.807) is 6.07 Å². The highest BCUT2D eigenvalue weighted by Gasteiger charge is 2.23. The lowest BCUT2D eigenvalue weighted by Gasteiger charge is -2.21. The highest BCUT2D eigenvalue weighted by molar-refractivity contribution is 6.76. The largest absolute Gasteiger partial charge is 0.478 e. The van der Waals surface area contributed by atoms with E-state index in [1.807, 2.05) is 20.8 Å². The molecule has 0 atom stereocenters. The molecule has 0 unspecified atom stereocenters. The zero-order valence-corrected chi connectivity index (χ0v) is 18.8. The summed E-state index contributed by atoms with van der Waals surface area (Å²) in [6, 6.07) is 2.59. The first-order chi connectivity index (χ1) is 11.7. The van der Waals surface area contributed by atoms with Crippen molar-refractivity contribution in [2.45, 2.75) is 71.3 Å². The van der Waals surface area contributed by atoms with E-state index in [9.17, 15) is 14.7 Å².